The molecule has 84 valence electrons. The zero-order valence-corrected chi connectivity index (χ0v) is 10.7. The molecule has 0 aliphatic heterocycles. The van der Waals surface area contributed by atoms with Crippen LogP contribution in [-0.2, 0) is 0 Å². The van der Waals surface area contributed by atoms with Crippen molar-refractivity contribution in [1.29, 1.82) is 0 Å². The number of pyridine rings is 1. The summed E-state index contributed by atoms with van der Waals surface area (Å²) < 4.78 is 6.63. The van der Waals surface area contributed by atoms with Crippen molar-refractivity contribution in [2.45, 2.75) is 38.8 Å². The molecular weight excluding hydrogens is 256 g/mol. The minimum atomic E-state index is 0.151. The van der Waals surface area contributed by atoms with Gasteiger partial charge in [-0.25, -0.2) is 4.98 Å². The van der Waals surface area contributed by atoms with Gasteiger partial charge in [-0.05, 0) is 32.8 Å². The van der Waals surface area contributed by atoms with Crippen LogP contribution in [0.1, 0.15) is 26.7 Å². The maximum absolute atomic E-state index is 5.68. The molecule has 0 unspecified atom stereocenters. The standard InChI is InChI=1S/C11H17BrN2O/c1-8(13)3-4-9(2)15-11-7-10(12)5-6-14-11/h5-9H,3-4,13H2,1-2H3/t8-,9-/m0/s1. The highest BCUT2D eigenvalue weighted by Gasteiger charge is 2.06. The summed E-state index contributed by atoms with van der Waals surface area (Å²) in [6.07, 6.45) is 3.79. The van der Waals surface area contributed by atoms with Crippen LogP contribution in [0.25, 0.3) is 0 Å². The van der Waals surface area contributed by atoms with Gasteiger partial charge in [0, 0.05) is 22.8 Å². The van der Waals surface area contributed by atoms with Crippen molar-refractivity contribution in [2.75, 3.05) is 0 Å². The second kappa shape index (κ2) is 6.08. The largest absolute Gasteiger partial charge is 0.475 e. The molecule has 2 atom stereocenters. The number of rotatable bonds is 5. The van der Waals surface area contributed by atoms with Gasteiger partial charge in [-0.3, -0.25) is 0 Å². The Morgan fingerprint density at radius 3 is 2.80 bits per heavy atom. The van der Waals surface area contributed by atoms with Crippen molar-refractivity contribution < 1.29 is 4.74 Å². The third-order valence-corrected chi connectivity index (χ3v) is 2.54. The Labute approximate surface area is 99.2 Å². The first-order chi connectivity index (χ1) is 7.08. The van der Waals surface area contributed by atoms with Crippen LogP contribution in [0.5, 0.6) is 5.88 Å². The molecule has 0 amide bonds. The van der Waals surface area contributed by atoms with Crippen molar-refractivity contribution in [1.82, 2.24) is 4.98 Å². The molecule has 1 heterocycles. The predicted octanol–water partition coefficient (Wildman–Crippen LogP) is 2.74. The average Bonchev–Trinajstić information content (AvgIpc) is 2.15. The van der Waals surface area contributed by atoms with Gasteiger partial charge >= 0.3 is 0 Å². The lowest BCUT2D eigenvalue weighted by Gasteiger charge is -2.14. The summed E-state index contributed by atoms with van der Waals surface area (Å²) in [5.74, 6) is 0.654. The highest BCUT2D eigenvalue weighted by Crippen LogP contribution is 2.16. The Bertz CT molecular complexity index is 304. The first-order valence-corrected chi connectivity index (χ1v) is 5.91. The molecule has 4 heteroatoms. The van der Waals surface area contributed by atoms with Crippen LogP contribution in [0.15, 0.2) is 22.8 Å². The summed E-state index contributed by atoms with van der Waals surface area (Å²) in [7, 11) is 0. The van der Waals surface area contributed by atoms with Crippen LogP contribution in [-0.4, -0.2) is 17.1 Å². The van der Waals surface area contributed by atoms with Crippen LogP contribution < -0.4 is 10.5 Å². The van der Waals surface area contributed by atoms with Gasteiger partial charge in [0.25, 0.3) is 0 Å². The topological polar surface area (TPSA) is 48.1 Å². The van der Waals surface area contributed by atoms with Crippen LogP contribution in [0.4, 0.5) is 0 Å². The highest BCUT2D eigenvalue weighted by atomic mass is 79.9. The minimum absolute atomic E-state index is 0.151. The zero-order chi connectivity index (χ0) is 11.3. The molecule has 2 N–H and O–H groups in total. The molecule has 3 nitrogen and oxygen atoms in total. The Kier molecular flexibility index (Phi) is 5.05. The van der Waals surface area contributed by atoms with Crippen LogP contribution in [0, 0.1) is 0 Å². The molecule has 0 fully saturated rings. The monoisotopic (exact) mass is 272 g/mol. The normalized spacial score (nSPS) is 14.7. The zero-order valence-electron chi connectivity index (χ0n) is 9.11. The van der Waals surface area contributed by atoms with E-state index in [4.69, 9.17) is 10.5 Å². The lowest BCUT2D eigenvalue weighted by Crippen LogP contribution is -2.20. The number of ether oxygens (including phenoxy) is 1. The van der Waals surface area contributed by atoms with E-state index in [2.05, 4.69) is 20.9 Å². The van der Waals surface area contributed by atoms with E-state index < -0.39 is 0 Å². The highest BCUT2D eigenvalue weighted by molar-refractivity contribution is 9.10. The summed E-state index contributed by atoms with van der Waals surface area (Å²) in [5.41, 5.74) is 5.68. The molecule has 0 bridgehead atoms. The van der Waals surface area contributed by atoms with E-state index >= 15 is 0 Å². The lowest BCUT2D eigenvalue weighted by molar-refractivity contribution is 0.197. The van der Waals surface area contributed by atoms with Crippen LogP contribution in [0.3, 0.4) is 0 Å². The Balaban J connectivity index is 2.40. The van der Waals surface area contributed by atoms with Gasteiger partial charge in [0.1, 0.15) is 0 Å². The molecular formula is C11H17BrN2O. The fourth-order valence-corrected chi connectivity index (χ4v) is 1.53. The maximum atomic E-state index is 5.68. The van der Waals surface area contributed by atoms with Gasteiger partial charge in [0.15, 0.2) is 0 Å². The first-order valence-electron chi connectivity index (χ1n) is 5.11. The Morgan fingerprint density at radius 1 is 1.47 bits per heavy atom. The third-order valence-electron chi connectivity index (χ3n) is 2.05. The van der Waals surface area contributed by atoms with E-state index in [0.29, 0.717) is 5.88 Å². The molecule has 0 saturated heterocycles. The molecule has 0 aromatic carbocycles. The van der Waals surface area contributed by atoms with E-state index in [0.717, 1.165) is 17.3 Å². The maximum Gasteiger partial charge on any atom is 0.214 e. The fourth-order valence-electron chi connectivity index (χ4n) is 1.21. The summed E-state index contributed by atoms with van der Waals surface area (Å²) >= 11 is 3.37. The molecule has 0 radical (unpaired) electrons. The molecule has 15 heavy (non-hydrogen) atoms. The summed E-state index contributed by atoms with van der Waals surface area (Å²) in [6.45, 7) is 4.04. The van der Waals surface area contributed by atoms with Crippen molar-refractivity contribution in [2.24, 2.45) is 5.73 Å². The Morgan fingerprint density at radius 2 is 2.20 bits per heavy atom. The molecule has 0 aliphatic carbocycles. The van der Waals surface area contributed by atoms with E-state index in [1.807, 2.05) is 26.0 Å². The number of halogens is 1. The predicted molar refractivity (Wildman–Crippen MR) is 64.9 cm³/mol. The molecule has 1 rings (SSSR count). The first kappa shape index (κ1) is 12.5. The smallest absolute Gasteiger partial charge is 0.214 e. The van der Waals surface area contributed by atoms with Gasteiger partial charge in [-0.1, -0.05) is 15.9 Å². The Hall–Kier alpha value is -0.610. The van der Waals surface area contributed by atoms with Gasteiger partial charge < -0.3 is 10.5 Å². The second-order valence-corrected chi connectivity index (χ2v) is 4.71. The quantitative estimate of drug-likeness (QED) is 0.897. The summed E-state index contributed by atoms with van der Waals surface area (Å²) in [5, 5.41) is 0. The minimum Gasteiger partial charge on any atom is -0.475 e. The van der Waals surface area contributed by atoms with Crippen molar-refractivity contribution in [3.63, 3.8) is 0 Å². The number of aromatic nitrogens is 1. The van der Waals surface area contributed by atoms with Crippen molar-refractivity contribution >= 4 is 15.9 Å². The SMILES string of the molecule is C[C@H](N)CC[C@H](C)Oc1cc(Br)ccn1. The second-order valence-electron chi connectivity index (χ2n) is 3.80. The van der Waals surface area contributed by atoms with Gasteiger partial charge in [0.2, 0.25) is 5.88 Å². The molecule has 0 aliphatic rings. The van der Waals surface area contributed by atoms with Gasteiger partial charge in [-0.15, -0.1) is 0 Å². The fraction of sp³-hybridized carbons (Fsp3) is 0.545. The van der Waals surface area contributed by atoms with E-state index in [9.17, 15) is 0 Å². The van der Waals surface area contributed by atoms with Crippen molar-refractivity contribution in [3.05, 3.63) is 22.8 Å². The van der Waals surface area contributed by atoms with Crippen LogP contribution >= 0.6 is 15.9 Å². The van der Waals surface area contributed by atoms with Crippen LogP contribution in [0.2, 0.25) is 0 Å². The van der Waals surface area contributed by atoms with Gasteiger partial charge in [-0.2, -0.15) is 0 Å². The number of nitrogens with zero attached hydrogens (tertiary/aromatic N) is 1. The van der Waals surface area contributed by atoms with E-state index in [-0.39, 0.29) is 12.1 Å². The number of nitrogens with two attached hydrogens (primary N) is 1. The number of hydrogen-bond donors (Lipinski definition) is 1. The van der Waals surface area contributed by atoms with E-state index in [1.165, 1.54) is 0 Å². The number of hydrogen-bond acceptors (Lipinski definition) is 3. The molecule has 0 saturated carbocycles. The molecule has 1 aromatic rings. The molecule has 0 spiro atoms. The average molecular weight is 273 g/mol. The third kappa shape index (κ3) is 5.14. The van der Waals surface area contributed by atoms with Gasteiger partial charge in [0.05, 0.1) is 6.10 Å². The van der Waals surface area contributed by atoms with E-state index in [1.54, 1.807) is 6.20 Å². The summed E-state index contributed by atoms with van der Waals surface area (Å²) in [6, 6.07) is 3.97. The molecule has 1 aromatic heterocycles. The lowest BCUT2D eigenvalue weighted by atomic mass is 10.1. The van der Waals surface area contributed by atoms with Crippen molar-refractivity contribution in [3.8, 4) is 5.88 Å². The summed E-state index contributed by atoms with van der Waals surface area (Å²) in [4.78, 5) is 4.12.